The lowest BCUT2D eigenvalue weighted by Gasteiger charge is -2.24. The van der Waals surface area contributed by atoms with E-state index >= 15 is 0 Å². The van der Waals surface area contributed by atoms with E-state index in [-0.39, 0.29) is 11.8 Å². The Kier molecular flexibility index (Phi) is 6.25. The molecule has 1 aromatic rings. The van der Waals surface area contributed by atoms with Gasteiger partial charge in [0.25, 0.3) is 0 Å². The fourth-order valence-electron chi connectivity index (χ4n) is 2.97. The molecule has 0 saturated carbocycles. The maximum absolute atomic E-state index is 12.1. The van der Waals surface area contributed by atoms with Gasteiger partial charge in [-0.25, -0.2) is 0 Å². The van der Waals surface area contributed by atoms with Crippen molar-refractivity contribution in [3.63, 3.8) is 0 Å². The summed E-state index contributed by atoms with van der Waals surface area (Å²) in [5.74, 6) is 1.20. The van der Waals surface area contributed by atoms with Gasteiger partial charge in [-0.3, -0.25) is 9.69 Å². The molecule has 0 spiro atoms. The molecule has 0 aromatic heterocycles. The minimum atomic E-state index is 0.134. The van der Waals surface area contributed by atoms with Crippen LogP contribution in [0.25, 0.3) is 0 Å². The molecule has 2 atom stereocenters. The molecule has 2 rings (SSSR count). The summed E-state index contributed by atoms with van der Waals surface area (Å²) in [6, 6.07) is 8.38. The van der Waals surface area contributed by atoms with Crippen molar-refractivity contribution in [3.05, 3.63) is 29.8 Å². The van der Waals surface area contributed by atoms with E-state index in [1.807, 2.05) is 24.3 Å². The zero-order chi connectivity index (χ0) is 15.9. The number of hydrogen-bond acceptors (Lipinski definition) is 3. The lowest BCUT2D eigenvalue weighted by molar-refractivity contribution is -0.121. The third kappa shape index (κ3) is 4.73. The Hall–Kier alpha value is -1.55. The van der Waals surface area contributed by atoms with Crippen molar-refractivity contribution >= 4 is 5.91 Å². The van der Waals surface area contributed by atoms with Crippen LogP contribution in [0.3, 0.4) is 0 Å². The predicted octanol–water partition coefficient (Wildman–Crippen LogP) is 2.79. The number of rotatable bonds is 7. The lowest BCUT2D eigenvalue weighted by Crippen LogP contribution is -2.40. The van der Waals surface area contributed by atoms with Crippen LogP contribution < -0.4 is 10.1 Å². The van der Waals surface area contributed by atoms with Crippen molar-refractivity contribution < 1.29 is 9.53 Å². The van der Waals surface area contributed by atoms with E-state index in [0.717, 1.165) is 12.3 Å². The molecule has 1 heterocycles. The van der Waals surface area contributed by atoms with Crippen LogP contribution in [0.1, 0.15) is 44.6 Å². The van der Waals surface area contributed by atoms with Crippen molar-refractivity contribution in [1.82, 2.24) is 10.2 Å². The highest BCUT2D eigenvalue weighted by atomic mass is 16.5. The number of hydrogen-bond donors (Lipinski definition) is 1. The predicted molar refractivity (Wildman–Crippen MR) is 89.3 cm³/mol. The van der Waals surface area contributed by atoms with Gasteiger partial charge in [0.1, 0.15) is 5.75 Å². The zero-order valence-corrected chi connectivity index (χ0v) is 14.0. The highest BCUT2D eigenvalue weighted by Crippen LogP contribution is 2.21. The Morgan fingerprint density at radius 1 is 1.23 bits per heavy atom. The molecule has 0 bridgehead atoms. The summed E-state index contributed by atoms with van der Waals surface area (Å²) in [7, 11) is 1.66. The topological polar surface area (TPSA) is 41.6 Å². The van der Waals surface area contributed by atoms with Gasteiger partial charge in [-0.15, -0.1) is 0 Å². The van der Waals surface area contributed by atoms with Gasteiger partial charge in [0.05, 0.1) is 7.11 Å². The molecule has 1 aliphatic heterocycles. The molecule has 1 N–H and O–H groups in total. The molecule has 1 aliphatic rings. The summed E-state index contributed by atoms with van der Waals surface area (Å²) in [5, 5.41) is 3.08. The van der Waals surface area contributed by atoms with Crippen LogP contribution >= 0.6 is 0 Å². The molecule has 0 aliphatic carbocycles. The summed E-state index contributed by atoms with van der Waals surface area (Å²) < 4.78 is 5.16. The first-order chi connectivity index (χ1) is 10.6. The molecule has 1 aromatic carbocycles. The number of carbonyl (C=O) groups excluding carboxylic acids is 1. The van der Waals surface area contributed by atoms with Gasteiger partial charge in [-0.2, -0.15) is 0 Å². The standard InChI is InChI=1S/C18H28N2O2/c1-14(16-6-8-17(22-3)9-7-16)12-18(21)19-13-15(2)20-10-4-5-11-20/h6-9,14-15H,4-5,10-13H2,1-3H3,(H,19,21). The quantitative estimate of drug-likeness (QED) is 0.842. The first kappa shape index (κ1) is 16.8. The van der Waals surface area contributed by atoms with E-state index in [9.17, 15) is 4.79 Å². The summed E-state index contributed by atoms with van der Waals surface area (Å²) >= 11 is 0. The third-order valence-corrected chi connectivity index (χ3v) is 4.54. The van der Waals surface area contributed by atoms with E-state index < -0.39 is 0 Å². The molecule has 4 heteroatoms. The number of methoxy groups -OCH3 is 1. The van der Waals surface area contributed by atoms with E-state index in [1.165, 1.54) is 31.5 Å². The Labute approximate surface area is 133 Å². The average Bonchev–Trinajstić information content (AvgIpc) is 3.07. The van der Waals surface area contributed by atoms with Gasteiger partial charge in [-0.1, -0.05) is 19.1 Å². The first-order valence-electron chi connectivity index (χ1n) is 8.25. The van der Waals surface area contributed by atoms with Crippen LogP contribution in [0.2, 0.25) is 0 Å². The number of benzene rings is 1. The van der Waals surface area contributed by atoms with Crippen LogP contribution in [0.15, 0.2) is 24.3 Å². The fraction of sp³-hybridized carbons (Fsp3) is 0.611. The van der Waals surface area contributed by atoms with Crippen molar-refractivity contribution in [2.75, 3.05) is 26.7 Å². The fourth-order valence-corrected chi connectivity index (χ4v) is 2.97. The van der Waals surface area contributed by atoms with Crippen LogP contribution in [0.5, 0.6) is 5.75 Å². The molecule has 122 valence electrons. The lowest BCUT2D eigenvalue weighted by atomic mass is 9.97. The Balaban J connectivity index is 1.75. The Morgan fingerprint density at radius 3 is 2.45 bits per heavy atom. The summed E-state index contributed by atoms with van der Waals surface area (Å²) in [5.41, 5.74) is 1.17. The maximum atomic E-state index is 12.1. The molecule has 0 radical (unpaired) electrons. The smallest absolute Gasteiger partial charge is 0.220 e. The number of amides is 1. The largest absolute Gasteiger partial charge is 0.497 e. The number of nitrogens with one attached hydrogen (secondary N) is 1. The third-order valence-electron chi connectivity index (χ3n) is 4.54. The van der Waals surface area contributed by atoms with E-state index in [1.54, 1.807) is 7.11 Å². The maximum Gasteiger partial charge on any atom is 0.220 e. The Bertz CT molecular complexity index is 466. The van der Waals surface area contributed by atoms with Crippen LogP contribution in [-0.2, 0) is 4.79 Å². The molecule has 1 fully saturated rings. The van der Waals surface area contributed by atoms with Crippen LogP contribution in [-0.4, -0.2) is 43.6 Å². The van der Waals surface area contributed by atoms with Gasteiger partial charge >= 0.3 is 0 Å². The second-order valence-corrected chi connectivity index (χ2v) is 6.27. The van der Waals surface area contributed by atoms with Gasteiger partial charge in [-0.05, 0) is 56.5 Å². The number of likely N-dealkylation sites (tertiary alicyclic amines) is 1. The van der Waals surface area contributed by atoms with Gasteiger partial charge in [0.2, 0.25) is 5.91 Å². The van der Waals surface area contributed by atoms with Gasteiger partial charge in [0, 0.05) is 19.0 Å². The number of carbonyl (C=O) groups is 1. The minimum Gasteiger partial charge on any atom is -0.497 e. The molecule has 1 saturated heterocycles. The first-order valence-corrected chi connectivity index (χ1v) is 8.25. The molecule has 4 nitrogen and oxygen atoms in total. The van der Waals surface area contributed by atoms with Gasteiger partial charge < -0.3 is 10.1 Å². The highest BCUT2D eigenvalue weighted by molar-refractivity contribution is 5.76. The monoisotopic (exact) mass is 304 g/mol. The SMILES string of the molecule is COc1ccc(C(C)CC(=O)NCC(C)N2CCCC2)cc1. The molecular formula is C18H28N2O2. The van der Waals surface area contributed by atoms with E-state index in [4.69, 9.17) is 4.74 Å². The average molecular weight is 304 g/mol. The second-order valence-electron chi connectivity index (χ2n) is 6.27. The van der Waals surface area contributed by atoms with Gasteiger partial charge in [0.15, 0.2) is 0 Å². The molecular weight excluding hydrogens is 276 g/mol. The summed E-state index contributed by atoms with van der Waals surface area (Å²) in [4.78, 5) is 14.6. The normalized spacial score (nSPS) is 18.0. The number of nitrogens with zero attached hydrogens (tertiary/aromatic N) is 1. The molecule has 1 amide bonds. The van der Waals surface area contributed by atoms with Crippen LogP contribution in [0, 0.1) is 0 Å². The van der Waals surface area contributed by atoms with Crippen LogP contribution in [0.4, 0.5) is 0 Å². The van der Waals surface area contributed by atoms with Crippen molar-refractivity contribution in [1.29, 1.82) is 0 Å². The summed E-state index contributed by atoms with van der Waals surface area (Å²) in [6.45, 7) is 7.36. The second kappa shape index (κ2) is 8.18. The number of ether oxygens (including phenoxy) is 1. The van der Waals surface area contributed by atoms with Crippen molar-refractivity contribution in [2.24, 2.45) is 0 Å². The van der Waals surface area contributed by atoms with Crippen molar-refractivity contribution in [2.45, 2.75) is 45.1 Å². The van der Waals surface area contributed by atoms with Crippen molar-refractivity contribution in [3.8, 4) is 5.75 Å². The van der Waals surface area contributed by atoms with E-state index in [0.29, 0.717) is 12.5 Å². The minimum absolute atomic E-state index is 0.134. The highest BCUT2D eigenvalue weighted by Gasteiger charge is 2.19. The summed E-state index contributed by atoms with van der Waals surface area (Å²) in [6.07, 6.45) is 3.10. The zero-order valence-electron chi connectivity index (χ0n) is 14.0. The van der Waals surface area contributed by atoms with E-state index in [2.05, 4.69) is 24.1 Å². The molecule has 22 heavy (non-hydrogen) atoms. The Morgan fingerprint density at radius 2 is 1.86 bits per heavy atom. The molecule has 2 unspecified atom stereocenters.